The van der Waals surface area contributed by atoms with Gasteiger partial charge in [-0.2, -0.15) is 0 Å². The molecule has 2 heterocycles. The summed E-state index contributed by atoms with van der Waals surface area (Å²) in [7, 11) is 0. The van der Waals surface area contributed by atoms with E-state index in [4.69, 9.17) is 0 Å². The number of rotatable bonds is 5. The summed E-state index contributed by atoms with van der Waals surface area (Å²) in [5.74, 6) is 0. The maximum atomic E-state index is 2.38. The molecular weight excluding hydrogens is 473 g/mol. The lowest BCUT2D eigenvalue weighted by molar-refractivity contribution is 0.429. The van der Waals surface area contributed by atoms with Crippen molar-refractivity contribution in [1.29, 1.82) is 0 Å². The molecule has 0 amide bonds. The van der Waals surface area contributed by atoms with Crippen molar-refractivity contribution in [2.75, 3.05) is 0 Å². The number of hydrogen-bond donors (Lipinski definition) is 0. The second-order valence-electron chi connectivity index (χ2n) is 9.29. The minimum Gasteiger partial charge on any atom is -0.143 e. The summed E-state index contributed by atoms with van der Waals surface area (Å²) in [5, 5.41) is 4.55. The molecule has 36 heavy (non-hydrogen) atoms. The van der Waals surface area contributed by atoms with Crippen LogP contribution in [0.3, 0.4) is 0 Å². The Morgan fingerprint density at radius 3 is 1.17 bits per heavy atom. The Kier molecular flexibility index (Phi) is 5.06. The van der Waals surface area contributed by atoms with Crippen LogP contribution in [0.25, 0.3) is 9.75 Å². The minimum atomic E-state index is -0.500. The average molecular weight is 497 g/mol. The van der Waals surface area contributed by atoms with E-state index in [0.29, 0.717) is 0 Å². The van der Waals surface area contributed by atoms with E-state index in [1.165, 1.54) is 43.1 Å². The van der Waals surface area contributed by atoms with Crippen molar-refractivity contribution in [3.05, 3.63) is 178 Å². The molecule has 0 unspecified atom stereocenters. The molecule has 2 heteroatoms. The number of hydrogen-bond acceptors (Lipinski definition) is 2. The van der Waals surface area contributed by atoms with E-state index in [1.54, 1.807) is 0 Å². The van der Waals surface area contributed by atoms with Gasteiger partial charge in [-0.1, -0.05) is 121 Å². The van der Waals surface area contributed by atoms with Gasteiger partial charge in [0.1, 0.15) is 0 Å². The number of benzene rings is 4. The summed E-state index contributed by atoms with van der Waals surface area (Å²) < 4.78 is 0. The first-order valence-electron chi connectivity index (χ1n) is 12.3. The van der Waals surface area contributed by atoms with Crippen molar-refractivity contribution in [3.8, 4) is 9.75 Å². The molecule has 4 aromatic carbocycles. The van der Waals surface area contributed by atoms with E-state index in [1.807, 2.05) is 22.7 Å². The molecule has 0 aliphatic heterocycles. The zero-order valence-corrected chi connectivity index (χ0v) is 21.3. The molecule has 7 rings (SSSR count). The van der Waals surface area contributed by atoms with Crippen LogP contribution in [0.1, 0.15) is 33.4 Å². The van der Waals surface area contributed by atoms with Gasteiger partial charge >= 0.3 is 0 Å². The van der Waals surface area contributed by atoms with Crippen LogP contribution in [-0.2, 0) is 10.8 Å². The van der Waals surface area contributed by atoms with Crippen LogP contribution in [0.4, 0.5) is 0 Å². The van der Waals surface area contributed by atoms with Gasteiger partial charge in [-0.25, -0.2) is 0 Å². The van der Waals surface area contributed by atoms with Crippen molar-refractivity contribution >= 4 is 22.7 Å². The molecule has 0 radical (unpaired) electrons. The molecule has 0 fully saturated rings. The molecule has 172 valence electrons. The Bertz CT molecular complexity index is 1470. The molecule has 0 N–H and O–H groups in total. The molecule has 0 bridgehead atoms. The van der Waals surface area contributed by atoms with Gasteiger partial charge in [-0.15, -0.1) is 22.7 Å². The smallest absolute Gasteiger partial charge is 0.0658 e. The molecule has 0 atom stereocenters. The Labute approximate surface area is 220 Å². The third-order valence-corrected chi connectivity index (χ3v) is 9.73. The summed E-state index contributed by atoms with van der Waals surface area (Å²) in [6.45, 7) is 0. The van der Waals surface area contributed by atoms with E-state index in [-0.39, 0.29) is 0 Å². The standard InChI is InChI=1S/C34H24S2/c1-5-13-25(14-6-1)33(26-15-7-2-8-16-26,27-17-9-3-10-18-27)34(28-19-11-4-12-20-28)29-21-23-35-31(29)32-30(34)22-24-36-32/h1-24H. The molecule has 0 saturated heterocycles. The SMILES string of the molecule is c1ccc(C(c2ccccc2)(c2ccccc2)C2(c3ccccc3)c3ccsc3-c3sccc32)cc1. The maximum Gasteiger partial charge on any atom is 0.0658 e. The molecule has 0 nitrogen and oxygen atoms in total. The summed E-state index contributed by atoms with van der Waals surface area (Å²) in [6.07, 6.45) is 0. The van der Waals surface area contributed by atoms with Crippen LogP contribution < -0.4 is 0 Å². The predicted molar refractivity (Wildman–Crippen MR) is 153 cm³/mol. The second-order valence-corrected chi connectivity index (χ2v) is 11.1. The van der Waals surface area contributed by atoms with E-state index in [0.717, 1.165) is 0 Å². The molecule has 1 aliphatic rings. The van der Waals surface area contributed by atoms with Crippen molar-refractivity contribution in [3.63, 3.8) is 0 Å². The molecule has 2 aromatic heterocycles. The summed E-state index contributed by atoms with van der Waals surface area (Å²) in [6, 6.07) is 49.4. The molecule has 0 saturated carbocycles. The fourth-order valence-corrected chi connectivity index (χ4v) is 8.64. The van der Waals surface area contributed by atoms with Gasteiger partial charge in [-0.3, -0.25) is 0 Å². The maximum absolute atomic E-state index is 2.38. The topological polar surface area (TPSA) is 0 Å². The largest absolute Gasteiger partial charge is 0.143 e. The highest BCUT2D eigenvalue weighted by Crippen LogP contribution is 2.67. The van der Waals surface area contributed by atoms with Gasteiger partial charge in [0.05, 0.1) is 10.8 Å². The van der Waals surface area contributed by atoms with E-state index in [2.05, 4.69) is 144 Å². The van der Waals surface area contributed by atoms with Gasteiger partial charge in [0.15, 0.2) is 0 Å². The summed E-state index contributed by atoms with van der Waals surface area (Å²) in [5.41, 5.74) is 7.06. The van der Waals surface area contributed by atoms with Gasteiger partial charge in [0.25, 0.3) is 0 Å². The van der Waals surface area contributed by atoms with Crippen molar-refractivity contribution in [2.24, 2.45) is 0 Å². The van der Waals surface area contributed by atoms with Crippen LogP contribution in [0.2, 0.25) is 0 Å². The molecular formula is C34H24S2. The van der Waals surface area contributed by atoms with Crippen LogP contribution in [0, 0.1) is 0 Å². The zero-order valence-electron chi connectivity index (χ0n) is 19.7. The van der Waals surface area contributed by atoms with Crippen LogP contribution in [0.15, 0.2) is 144 Å². The first-order valence-corrected chi connectivity index (χ1v) is 14.0. The van der Waals surface area contributed by atoms with Crippen molar-refractivity contribution in [1.82, 2.24) is 0 Å². The Morgan fingerprint density at radius 1 is 0.417 bits per heavy atom. The summed E-state index contributed by atoms with van der Waals surface area (Å²) >= 11 is 3.74. The zero-order chi connectivity index (χ0) is 24.0. The molecule has 0 spiro atoms. The van der Waals surface area contributed by atoms with Gasteiger partial charge in [-0.05, 0) is 56.3 Å². The highest BCUT2D eigenvalue weighted by Gasteiger charge is 2.62. The normalized spacial score (nSPS) is 13.8. The number of thiophene rings is 2. The monoisotopic (exact) mass is 496 g/mol. The van der Waals surface area contributed by atoms with E-state index >= 15 is 0 Å². The highest BCUT2D eigenvalue weighted by atomic mass is 32.1. The van der Waals surface area contributed by atoms with Crippen LogP contribution >= 0.6 is 22.7 Å². The highest BCUT2D eigenvalue weighted by molar-refractivity contribution is 7.21. The quantitative estimate of drug-likeness (QED) is 0.209. The first-order chi connectivity index (χ1) is 17.9. The molecule has 6 aromatic rings. The minimum absolute atomic E-state index is 0.441. The second kappa shape index (κ2) is 8.44. The lowest BCUT2D eigenvalue weighted by Gasteiger charge is -2.51. The Hall–Kier alpha value is -3.72. The Balaban J connectivity index is 1.77. The van der Waals surface area contributed by atoms with E-state index in [9.17, 15) is 0 Å². The van der Waals surface area contributed by atoms with Gasteiger partial charge < -0.3 is 0 Å². The fourth-order valence-electron chi connectivity index (χ4n) is 6.54. The van der Waals surface area contributed by atoms with E-state index < -0.39 is 10.8 Å². The lowest BCUT2D eigenvalue weighted by atomic mass is 9.48. The molecule has 1 aliphatic carbocycles. The number of fused-ring (bicyclic) bond motifs is 3. The first kappa shape index (κ1) is 21.6. The van der Waals surface area contributed by atoms with Crippen LogP contribution in [-0.4, -0.2) is 0 Å². The fraction of sp³-hybridized carbons (Fsp3) is 0.0588. The predicted octanol–water partition coefficient (Wildman–Crippen LogP) is 9.16. The van der Waals surface area contributed by atoms with Crippen molar-refractivity contribution in [2.45, 2.75) is 10.8 Å². The average Bonchev–Trinajstić information content (AvgIpc) is 3.68. The van der Waals surface area contributed by atoms with Gasteiger partial charge in [0.2, 0.25) is 0 Å². The van der Waals surface area contributed by atoms with Gasteiger partial charge in [0, 0.05) is 9.75 Å². The lowest BCUT2D eigenvalue weighted by Crippen LogP contribution is -2.51. The van der Waals surface area contributed by atoms with Crippen LogP contribution in [0.5, 0.6) is 0 Å². The third-order valence-electron chi connectivity index (χ3n) is 7.73. The Morgan fingerprint density at radius 2 is 0.778 bits per heavy atom. The van der Waals surface area contributed by atoms with Crippen molar-refractivity contribution < 1.29 is 0 Å². The summed E-state index contributed by atoms with van der Waals surface area (Å²) in [4.78, 5) is 2.80. The third kappa shape index (κ3) is 2.74.